The minimum atomic E-state index is -0.390. The number of benzene rings is 1. The van der Waals surface area contributed by atoms with E-state index in [1.54, 1.807) is 11.3 Å². The van der Waals surface area contributed by atoms with E-state index in [0.717, 1.165) is 16.4 Å². The number of rotatable bonds is 6. The molecule has 2 N–H and O–H groups in total. The van der Waals surface area contributed by atoms with Crippen LogP contribution >= 0.6 is 11.3 Å². The van der Waals surface area contributed by atoms with Gasteiger partial charge in [0.25, 0.3) is 5.69 Å². The van der Waals surface area contributed by atoms with Crippen molar-refractivity contribution in [2.24, 2.45) is 0 Å². The standard InChI is InChI=1S/C13H16N4O2S/c1-3-14-10-4-11(6-13(5-10)17(18)19)15-7-12-8-20-9(2)16-12/h4-6,8,14-15H,3,7H2,1-2H3. The first-order chi connectivity index (χ1) is 9.58. The van der Waals surface area contributed by atoms with Crippen LogP contribution in [-0.4, -0.2) is 16.5 Å². The van der Waals surface area contributed by atoms with E-state index in [1.807, 2.05) is 25.3 Å². The molecule has 2 rings (SSSR count). The van der Waals surface area contributed by atoms with Crippen molar-refractivity contribution >= 4 is 28.4 Å². The van der Waals surface area contributed by atoms with Gasteiger partial charge in [0.15, 0.2) is 0 Å². The van der Waals surface area contributed by atoms with E-state index in [-0.39, 0.29) is 10.6 Å². The number of hydrogen-bond donors (Lipinski definition) is 2. The summed E-state index contributed by atoms with van der Waals surface area (Å²) in [5, 5.41) is 20.2. The fourth-order valence-corrected chi connectivity index (χ4v) is 2.42. The van der Waals surface area contributed by atoms with E-state index < -0.39 is 0 Å². The quantitative estimate of drug-likeness (QED) is 0.630. The molecule has 0 bridgehead atoms. The lowest BCUT2D eigenvalue weighted by molar-refractivity contribution is -0.384. The summed E-state index contributed by atoms with van der Waals surface area (Å²) in [6, 6.07) is 4.91. The fourth-order valence-electron chi connectivity index (χ4n) is 1.81. The Bertz CT molecular complexity index is 612. The summed E-state index contributed by atoms with van der Waals surface area (Å²) in [5.74, 6) is 0. The average molecular weight is 292 g/mol. The predicted molar refractivity (Wildman–Crippen MR) is 81.4 cm³/mol. The SMILES string of the molecule is CCNc1cc(NCc2csc(C)n2)cc([N+](=O)[O-])c1. The van der Waals surface area contributed by atoms with Crippen molar-refractivity contribution in [2.45, 2.75) is 20.4 Å². The Morgan fingerprint density at radius 1 is 1.30 bits per heavy atom. The number of nitrogens with zero attached hydrogens (tertiary/aromatic N) is 2. The van der Waals surface area contributed by atoms with Crippen molar-refractivity contribution in [2.75, 3.05) is 17.2 Å². The molecular formula is C13H16N4O2S. The Hall–Kier alpha value is -2.15. The molecule has 1 heterocycles. The molecule has 106 valence electrons. The summed E-state index contributed by atoms with van der Waals surface area (Å²) in [5.41, 5.74) is 2.45. The van der Waals surface area contributed by atoms with E-state index in [2.05, 4.69) is 15.6 Å². The van der Waals surface area contributed by atoms with Crippen molar-refractivity contribution in [3.05, 3.63) is 44.4 Å². The maximum Gasteiger partial charge on any atom is 0.273 e. The van der Waals surface area contributed by atoms with Crippen LogP contribution in [0.3, 0.4) is 0 Å². The summed E-state index contributed by atoms with van der Waals surface area (Å²) in [6.07, 6.45) is 0. The maximum absolute atomic E-state index is 10.9. The molecule has 0 aliphatic heterocycles. The molecular weight excluding hydrogens is 276 g/mol. The molecule has 0 aliphatic carbocycles. The van der Waals surface area contributed by atoms with Crippen molar-refractivity contribution < 1.29 is 4.92 Å². The number of hydrogen-bond acceptors (Lipinski definition) is 6. The van der Waals surface area contributed by atoms with Gasteiger partial charge in [-0.15, -0.1) is 11.3 Å². The molecule has 7 heteroatoms. The first-order valence-electron chi connectivity index (χ1n) is 6.26. The Labute approximate surface area is 121 Å². The van der Waals surface area contributed by atoms with E-state index in [4.69, 9.17) is 0 Å². The molecule has 0 atom stereocenters. The Morgan fingerprint density at radius 2 is 2.00 bits per heavy atom. The van der Waals surface area contributed by atoms with Crippen LogP contribution in [0.4, 0.5) is 17.1 Å². The van der Waals surface area contributed by atoms with E-state index in [0.29, 0.717) is 18.8 Å². The molecule has 0 saturated carbocycles. The normalized spacial score (nSPS) is 10.3. The van der Waals surface area contributed by atoms with Gasteiger partial charge >= 0.3 is 0 Å². The summed E-state index contributed by atoms with van der Waals surface area (Å²) >= 11 is 1.59. The monoisotopic (exact) mass is 292 g/mol. The molecule has 0 fully saturated rings. The second-order valence-corrected chi connectivity index (χ2v) is 5.33. The molecule has 1 aromatic heterocycles. The lowest BCUT2D eigenvalue weighted by atomic mass is 10.2. The van der Waals surface area contributed by atoms with Gasteiger partial charge in [0.1, 0.15) is 0 Å². The van der Waals surface area contributed by atoms with Crippen LogP contribution in [0.25, 0.3) is 0 Å². The Kier molecular flexibility index (Phi) is 4.52. The molecule has 0 amide bonds. The molecule has 0 spiro atoms. The van der Waals surface area contributed by atoms with Crippen LogP contribution in [-0.2, 0) is 6.54 Å². The number of anilines is 2. The molecule has 6 nitrogen and oxygen atoms in total. The van der Waals surface area contributed by atoms with Gasteiger partial charge in [-0.25, -0.2) is 4.98 Å². The summed E-state index contributed by atoms with van der Waals surface area (Å²) in [6.45, 7) is 5.16. The van der Waals surface area contributed by atoms with Gasteiger partial charge in [-0.3, -0.25) is 10.1 Å². The van der Waals surface area contributed by atoms with Crippen LogP contribution in [0.5, 0.6) is 0 Å². The third kappa shape index (κ3) is 3.67. The average Bonchev–Trinajstić information content (AvgIpc) is 2.82. The zero-order chi connectivity index (χ0) is 14.5. The fraction of sp³-hybridized carbons (Fsp3) is 0.308. The second-order valence-electron chi connectivity index (χ2n) is 4.27. The molecule has 0 aliphatic rings. The number of nitro benzene ring substituents is 1. The molecule has 20 heavy (non-hydrogen) atoms. The van der Waals surface area contributed by atoms with Crippen molar-refractivity contribution in [3.8, 4) is 0 Å². The van der Waals surface area contributed by atoms with Gasteiger partial charge in [-0.1, -0.05) is 0 Å². The molecule has 0 saturated heterocycles. The van der Waals surface area contributed by atoms with Crippen LogP contribution < -0.4 is 10.6 Å². The number of thiazole rings is 1. The minimum Gasteiger partial charge on any atom is -0.385 e. The lowest BCUT2D eigenvalue weighted by Crippen LogP contribution is -2.03. The van der Waals surface area contributed by atoms with Crippen LogP contribution in [0, 0.1) is 17.0 Å². The summed E-state index contributed by atoms with van der Waals surface area (Å²) < 4.78 is 0. The number of aromatic nitrogens is 1. The number of nitrogens with one attached hydrogen (secondary N) is 2. The highest BCUT2D eigenvalue weighted by atomic mass is 32.1. The smallest absolute Gasteiger partial charge is 0.273 e. The van der Waals surface area contributed by atoms with E-state index >= 15 is 0 Å². The van der Waals surface area contributed by atoms with Crippen molar-refractivity contribution in [1.29, 1.82) is 0 Å². The Balaban J connectivity index is 2.15. The Morgan fingerprint density at radius 3 is 2.55 bits per heavy atom. The first kappa shape index (κ1) is 14.3. The first-order valence-corrected chi connectivity index (χ1v) is 7.14. The van der Waals surface area contributed by atoms with Gasteiger partial charge in [-0.05, 0) is 19.9 Å². The van der Waals surface area contributed by atoms with E-state index in [9.17, 15) is 10.1 Å². The maximum atomic E-state index is 10.9. The molecule has 2 aromatic rings. The van der Waals surface area contributed by atoms with Gasteiger partial charge in [0.05, 0.1) is 22.2 Å². The topological polar surface area (TPSA) is 80.1 Å². The van der Waals surface area contributed by atoms with Gasteiger partial charge in [0, 0.05) is 35.4 Å². The zero-order valence-corrected chi connectivity index (χ0v) is 12.2. The highest BCUT2D eigenvalue weighted by Gasteiger charge is 2.09. The largest absolute Gasteiger partial charge is 0.385 e. The third-order valence-electron chi connectivity index (χ3n) is 2.65. The predicted octanol–water partition coefficient (Wildman–Crippen LogP) is 3.40. The van der Waals surface area contributed by atoms with Crippen LogP contribution in [0.2, 0.25) is 0 Å². The van der Waals surface area contributed by atoms with Gasteiger partial charge in [-0.2, -0.15) is 0 Å². The van der Waals surface area contributed by atoms with Crippen LogP contribution in [0.1, 0.15) is 17.6 Å². The lowest BCUT2D eigenvalue weighted by Gasteiger charge is -2.08. The summed E-state index contributed by atoms with van der Waals surface area (Å²) in [4.78, 5) is 14.9. The molecule has 0 radical (unpaired) electrons. The molecule has 1 aromatic carbocycles. The summed E-state index contributed by atoms with van der Waals surface area (Å²) in [7, 11) is 0. The second kappa shape index (κ2) is 6.33. The highest BCUT2D eigenvalue weighted by molar-refractivity contribution is 7.09. The third-order valence-corrected chi connectivity index (χ3v) is 3.47. The minimum absolute atomic E-state index is 0.0698. The van der Waals surface area contributed by atoms with Gasteiger partial charge < -0.3 is 10.6 Å². The highest BCUT2D eigenvalue weighted by Crippen LogP contribution is 2.24. The number of nitro groups is 1. The van der Waals surface area contributed by atoms with Crippen molar-refractivity contribution in [3.63, 3.8) is 0 Å². The number of aryl methyl sites for hydroxylation is 1. The zero-order valence-electron chi connectivity index (χ0n) is 11.3. The van der Waals surface area contributed by atoms with Crippen LogP contribution in [0.15, 0.2) is 23.6 Å². The van der Waals surface area contributed by atoms with Crippen molar-refractivity contribution in [1.82, 2.24) is 4.98 Å². The van der Waals surface area contributed by atoms with E-state index in [1.165, 1.54) is 12.1 Å². The molecule has 0 unspecified atom stereocenters. The number of non-ortho nitro benzene ring substituents is 1. The van der Waals surface area contributed by atoms with Gasteiger partial charge in [0.2, 0.25) is 0 Å².